The number of aryl methyl sites for hydroxylation is 1. The van der Waals surface area contributed by atoms with Crippen molar-refractivity contribution >= 4 is 38.2 Å². The Morgan fingerprint density at radius 3 is 2.60 bits per heavy atom. The second-order valence-corrected chi connectivity index (χ2v) is 9.34. The van der Waals surface area contributed by atoms with Crippen molar-refractivity contribution in [1.29, 1.82) is 0 Å². The van der Waals surface area contributed by atoms with Crippen LogP contribution in [-0.4, -0.2) is 44.3 Å². The summed E-state index contributed by atoms with van der Waals surface area (Å²) in [5.74, 6) is 0.00226. The maximum Gasteiger partial charge on any atom is 0.393 e. The van der Waals surface area contributed by atoms with Gasteiger partial charge in [-0.05, 0) is 17.7 Å². The third-order valence-electron chi connectivity index (χ3n) is 4.60. The Balaban J connectivity index is 1.98. The first kappa shape index (κ1) is 20.6. The normalized spacial score (nSPS) is 12.9. The van der Waals surface area contributed by atoms with Crippen LogP contribution in [0.1, 0.15) is 12.5 Å². The molecule has 0 aromatic carbocycles. The maximum absolute atomic E-state index is 12.8. The molecular weight excluding hydrogens is 443 g/mol. The zero-order valence-electron chi connectivity index (χ0n) is 15.8. The van der Waals surface area contributed by atoms with Gasteiger partial charge in [-0.3, -0.25) is 4.40 Å². The molecule has 4 aromatic heterocycles. The van der Waals surface area contributed by atoms with Crippen LogP contribution in [0.4, 0.5) is 13.2 Å². The van der Waals surface area contributed by atoms with E-state index in [1.54, 1.807) is 7.05 Å². The fraction of sp³-hybridized carbons (Fsp3) is 0.278. The minimum absolute atomic E-state index is 0.0390. The molecule has 7 nitrogen and oxygen atoms in total. The van der Waals surface area contributed by atoms with Gasteiger partial charge in [0.2, 0.25) is 0 Å². The lowest BCUT2D eigenvalue weighted by molar-refractivity contribution is -0.127. The Morgan fingerprint density at radius 2 is 1.93 bits per heavy atom. The number of imidazole rings is 2. The summed E-state index contributed by atoms with van der Waals surface area (Å²) in [6, 6.07) is 4.34. The fourth-order valence-electron chi connectivity index (χ4n) is 3.23. The first-order valence-corrected chi connectivity index (χ1v) is 10.8. The zero-order valence-corrected chi connectivity index (χ0v) is 17.3. The summed E-state index contributed by atoms with van der Waals surface area (Å²) in [5, 5.41) is 0.313. The number of nitrogens with zero attached hydrogens (tertiary/aromatic N) is 5. The molecule has 0 saturated heterocycles. The fourth-order valence-corrected chi connectivity index (χ4v) is 4.55. The Bertz CT molecular complexity index is 1390. The van der Waals surface area contributed by atoms with Crippen LogP contribution in [0.25, 0.3) is 28.3 Å². The van der Waals surface area contributed by atoms with Gasteiger partial charge in [0.1, 0.15) is 16.9 Å². The van der Waals surface area contributed by atoms with E-state index in [4.69, 9.17) is 11.6 Å². The minimum Gasteiger partial charge on any atom is -0.310 e. The lowest BCUT2D eigenvalue weighted by Crippen LogP contribution is -2.11. The predicted octanol–water partition coefficient (Wildman–Crippen LogP) is 3.83. The molecule has 0 aliphatic heterocycles. The lowest BCUT2D eigenvalue weighted by Gasteiger charge is -2.06. The summed E-state index contributed by atoms with van der Waals surface area (Å²) >= 11 is 6.01. The van der Waals surface area contributed by atoms with E-state index in [1.807, 2.05) is 0 Å². The molecule has 0 saturated carbocycles. The largest absolute Gasteiger partial charge is 0.393 e. The Morgan fingerprint density at radius 1 is 1.20 bits per heavy atom. The summed E-state index contributed by atoms with van der Waals surface area (Å²) in [6.45, 7) is 1.51. The number of aromatic nitrogens is 5. The van der Waals surface area contributed by atoms with Gasteiger partial charge in [0.05, 0.1) is 12.2 Å². The molecule has 158 valence electrons. The van der Waals surface area contributed by atoms with Crippen LogP contribution >= 0.6 is 11.6 Å². The third kappa shape index (κ3) is 3.52. The number of fused-ring (bicyclic) bond motifs is 2. The highest BCUT2D eigenvalue weighted by Gasteiger charge is 2.30. The molecule has 0 unspecified atom stereocenters. The van der Waals surface area contributed by atoms with Crippen molar-refractivity contribution in [3.63, 3.8) is 0 Å². The molecule has 30 heavy (non-hydrogen) atoms. The molecule has 0 bridgehead atoms. The van der Waals surface area contributed by atoms with Crippen molar-refractivity contribution in [2.24, 2.45) is 7.05 Å². The smallest absolute Gasteiger partial charge is 0.310 e. The van der Waals surface area contributed by atoms with Crippen molar-refractivity contribution < 1.29 is 21.6 Å². The van der Waals surface area contributed by atoms with Crippen LogP contribution < -0.4 is 0 Å². The van der Waals surface area contributed by atoms with Gasteiger partial charge in [-0.25, -0.2) is 23.4 Å². The van der Waals surface area contributed by atoms with Crippen LogP contribution in [0, 0.1) is 0 Å². The second-order valence-electron chi connectivity index (χ2n) is 6.71. The average Bonchev–Trinajstić information content (AvgIpc) is 3.18. The lowest BCUT2D eigenvalue weighted by atomic mass is 10.2. The summed E-state index contributed by atoms with van der Waals surface area (Å²) in [4.78, 5) is 12.8. The first-order chi connectivity index (χ1) is 14.0. The Hall–Kier alpha value is -2.66. The maximum atomic E-state index is 12.8. The summed E-state index contributed by atoms with van der Waals surface area (Å²) < 4.78 is 66.7. The first-order valence-electron chi connectivity index (χ1n) is 8.79. The van der Waals surface area contributed by atoms with E-state index in [1.165, 1.54) is 40.3 Å². The van der Waals surface area contributed by atoms with E-state index >= 15 is 0 Å². The van der Waals surface area contributed by atoms with Crippen LogP contribution in [-0.2, 0) is 23.3 Å². The van der Waals surface area contributed by atoms with Gasteiger partial charge in [-0.15, -0.1) is 0 Å². The van der Waals surface area contributed by atoms with Crippen molar-refractivity contribution in [3.05, 3.63) is 41.2 Å². The number of rotatable bonds is 4. The van der Waals surface area contributed by atoms with Crippen molar-refractivity contribution in [2.75, 3.05) is 5.75 Å². The van der Waals surface area contributed by atoms with Gasteiger partial charge in [-0.2, -0.15) is 13.2 Å². The average molecular weight is 458 g/mol. The third-order valence-corrected chi connectivity index (χ3v) is 6.58. The molecule has 0 amide bonds. The standard InChI is InChI=1S/C18H15ClF3N5O2S/c1-3-30(28,29)17-14(25-13-7-11(19)4-5-27(13)17)16-24-12-6-10(8-18(20,21)22)9-23-15(12)26(16)2/h4-7,9H,3,8H2,1-2H3. The molecule has 0 N–H and O–H groups in total. The van der Waals surface area contributed by atoms with E-state index in [-0.39, 0.29) is 33.4 Å². The second kappa shape index (κ2) is 6.95. The monoisotopic (exact) mass is 457 g/mol. The van der Waals surface area contributed by atoms with Gasteiger partial charge in [0, 0.05) is 30.5 Å². The highest BCUT2D eigenvalue weighted by molar-refractivity contribution is 7.91. The van der Waals surface area contributed by atoms with E-state index in [0.29, 0.717) is 16.3 Å². The summed E-state index contributed by atoms with van der Waals surface area (Å²) in [6.07, 6.45) is -2.88. The molecule has 0 spiro atoms. The molecule has 4 rings (SSSR count). The number of sulfone groups is 1. The van der Waals surface area contributed by atoms with E-state index < -0.39 is 22.4 Å². The van der Waals surface area contributed by atoms with Crippen LogP contribution in [0.5, 0.6) is 0 Å². The Labute approximate surface area is 174 Å². The molecule has 0 aliphatic carbocycles. The van der Waals surface area contributed by atoms with Gasteiger partial charge in [-0.1, -0.05) is 18.5 Å². The summed E-state index contributed by atoms with van der Waals surface area (Å²) in [7, 11) is -2.13. The SMILES string of the molecule is CCS(=O)(=O)c1c(-c2nc3cc(CC(F)(F)F)cnc3n2C)nc2cc(Cl)ccn12. The molecule has 0 fully saturated rings. The number of alkyl halides is 3. The molecule has 4 aromatic rings. The molecule has 4 heterocycles. The van der Waals surface area contributed by atoms with Gasteiger partial charge < -0.3 is 4.57 Å². The number of pyridine rings is 2. The summed E-state index contributed by atoms with van der Waals surface area (Å²) in [5.41, 5.74) is 0.872. The molecule has 0 radical (unpaired) electrons. The number of hydrogen-bond donors (Lipinski definition) is 0. The topological polar surface area (TPSA) is 82.1 Å². The van der Waals surface area contributed by atoms with E-state index in [2.05, 4.69) is 15.0 Å². The minimum atomic E-state index is -4.38. The molecule has 0 atom stereocenters. The number of hydrogen-bond acceptors (Lipinski definition) is 5. The molecule has 12 heteroatoms. The highest BCUT2D eigenvalue weighted by atomic mass is 35.5. The van der Waals surface area contributed by atoms with E-state index in [9.17, 15) is 21.6 Å². The van der Waals surface area contributed by atoms with Crippen molar-refractivity contribution in [2.45, 2.75) is 24.5 Å². The van der Waals surface area contributed by atoms with E-state index in [0.717, 1.165) is 6.20 Å². The molecular formula is C18H15ClF3N5O2S. The van der Waals surface area contributed by atoms with Crippen molar-refractivity contribution in [1.82, 2.24) is 23.9 Å². The van der Waals surface area contributed by atoms with Gasteiger partial charge in [0.25, 0.3) is 0 Å². The van der Waals surface area contributed by atoms with Crippen molar-refractivity contribution in [3.8, 4) is 11.5 Å². The van der Waals surface area contributed by atoms with Crippen LogP contribution in [0.15, 0.2) is 35.6 Å². The Kier molecular flexibility index (Phi) is 4.77. The van der Waals surface area contributed by atoms with Gasteiger partial charge in [0.15, 0.2) is 26.3 Å². The van der Waals surface area contributed by atoms with Crippen LogP contribution in [0.2, 0.25) is 5.02 Å². The van der Waals surface area contributed by atoms with Gasteiger partial charge >= 0.3 is 6.18 Å². The predicted molar refractivity (Wildman–Crippen MR) is 105 cm³/mol. The highest BCUT2D eigenvalue weighted by Crippen LogP contribution is 2.31. The quantitative estimate of drug-likeness (QED) is 0.465. The van der Waals surface area contributed by atoms with Crippen LogP contribution in [0.3, 0.4) is 0 Å². The zero-order chi connectivity index (χ0) is 21.8. The number of halogens is 4. The molecule has 0 aliphatic rings.